The van der Waals surface area contributed by atoms with Crippen molar-refractivity contribution in [2.75, 3.05) is 26.2 Å². The molecule has 5 heteroatoms. The van der Waals surface area contributed by atoms with Crippen LogP contribution in [0.25, 0.3) is 0 Å². The van der Waals surface area contributed by atoms with Crippen LogP contribution in [0.4, 0.5) is 4.39 Å². The standard InChI is InChI=1S/C20H29FN2O2/c1-4-16(5-2)19(17-6-8-18(21)9-7-17)14-20(25)23-12-10-22(11-13-23)15(3)24/h6-9,16,19H,4-5,10-14H2,1-3H3. The summed E-state index contributed by atoms with van der Waals surface area (Å²) in [7, 11) is 0. The Labute approximate surface area is 150 Å². The summed E-state index contributed by atoms with van der Waals surface area (Å²) in [6, 6.07) is 6.56. The highest BCUT2D eigenvalue weighted by Gasteiger charge is 2.28. The molecule has 0 spiro atoms. The molecule has 1 aromatic carbocycles. The molecule has 1 saturated heterocycles. The molecule has 0 bridgehead atoms. The van der Waals surface area contributed by atoms with Crippen LogP contribution < -0.4 is 0 Å². The van der Waals surface area contributed by atoms with Crippen molar-refractivity contribution in [3.63, 3.8) is 0 Å². The molecular weight excluding hydrogens is 319 g/mol. The summed E-state index contributed by atoms with van der Waals surface area (Å²) >= 11 is 0. The number of rotatable bonds is 6. The molecule has 1 unspecified atom stereocenters. The molecule has 0 N–H and O–H groups in total. The molecular formula is C20H29FN2O2. The smallest absolute Gasteiger partial charge is 0.223 e. The Balaban J connectivity index is 2.07. The third-order valence-electron chi connectivity index (χ3n) is 5.39. The van der Waals surface area contributed by atoms with Crippen LogP contribution in [0.1, 0.15) is 51.5 Å². The highest BCUT2D eigenvalue weighted by Crippen LogP contribution is 2.33. The lowest BCUT2D eigenvalue weighted by molar-refractivity contribution is -0.138. The Kier molecular flexibility index (Phi) is 6.97. The number of benzene rings is 1. The Morgan fingerprint density at radius 3 is 2.00 bits per heavy atom. The van der Waals surface area contributed by atoms with Crippen molar-refractivity contribution in [2.24, 2.45) is 5.92 Å². The van der Waals surface area contributed by atoms with Crippen LogP contribution in [-0.4, -0.2) is 47.8 Å². The van der Waals surface area contributed by atoms with Crippen LogP contribution in [-0.2, 0) is 9.59 Å². The third-order valence-corrected chi connectivity index (χ3v) is 5.39. The molecule has 2 rings (SSSR count). The molecule has 1 atom stereocenters. The van der Waals surface area contributed by atoms with E-state index in [4.69, 9.17) is 0 Å². The molecule has 25 heavy (non-hydrogen) atoms. The average molecular weight is 348 g/mol. The van der Waals surface area contributed by atoms with Crippen LogP contribution >= 0.6 is 0 Å². The summed E-state index contributed by atoms with van der Waals surface area (Å²) in [5.41, 5.74) is 1.03. The largest absolute Gasteiger partial charge is 0.339 e. The molecule has 0 aromatic heterocycles. The zero-order valence-corrected chi connectivity index (χ0v) is 15.5. The van der Waals surface area contributed by atoms with Gasteiger partial charge in [-0.1, -0.05) is 38.8 Å². The molecule has 2 amide bonds. The van der Waals surface area contributed by atoms with Gasteiger partial charge in [0.15, 0.2) is 0 Å². The molecule has 4 nitrogen and oxygen atoms in total. The van der Waals surface area contributed by atoms with E-state index in [1.165, 1.54) is 12.1 Å². The molecule has 0 aliphatic carbocycles. The van der Waals surface area contributed by atoms with Crippen molar-refractivity contribution in [3.05, 3.63) is 35.6 Å². The van der Waals surface area contributed by atoms with Crippen molar-refractivity contribution in [1.82, 2.24) is 9.80 Å². The van der Waals surface area contributed by atoms with E-state index >= 15 is 0 Å². The van der Waals surface area contributed by atoms with Crippen molar-refractivity contribution in [1.29, 1.82) is 0 Å². The Morgan fingerprint density at radius 2 is 1.52 bits per heavy atom. The van der Waals surface area contributed by atoms with Gasteiger partial charge in [0.1, 0.15) is 5.82 Å². The minimum Gasteiger partial charge on any atom is -0.339 e. The Morgan fingerprint density at radius 1 is 1.00 bits per heavy atom. The Hall–Kier alpha value is -1.91. The zero-order valence-electron chi connectivity index (χ0n) is 15.5. The van der Waals surface area contributed by atoms with E-state index in [1.54, 1.807) is 24.0 Å². The maximum atomic E-state index is 13.3. The van der Waals surface area contributed by atoms with Crippen LogP contribution in [0.15, 0.2) is 24.3 Å². The minimum absolute atomic E-state index is 0.0633. The summed E-state index contributed by atoms with van der Waals surface area (Å²) in [4.78, 5) is 27.9. The topological polar surface area (TPSA) is 40.6 Å². The highest BCUT2D eigenvalue weighted by molar-refractivity contribution is 5.78. The number of hydrogen-bond donors (Lipinski definition) is 0. The second-order valence-corrected chi connectivity index (χ2v) is 6.83. The van der Waals surface area contributed by atoms with E-state index in [9.17, 15) is 14.0 Å². The van der Waals surface area contributed by atoms with Gasteiger partial charge in [-0.25, -0.2) is 4.39 Å². The second-order valence-electron chi connectivity index (χ2n) is 6.83. The summed E-state index contributed by atoms with van der Waals surface area (Å²) in [6.45, 7) is 8.24. The van der Waals surface area contributed by atoms with Crippen LogP contribution in [0, 0.1) is 11.7 Å². The lowest BCUT2D eigenvalue weighted by Gasteiger charge is -2.35. The first-order valence-electron chi connectivity index (χ1n) is 9.25. The quantitative estimate of drug-likeness (QED) is 0.790. The average Bonchev–Trinajstić information content (AvgIpc) is 2.62. The number of halogens is 1. The van der Waals surface area contributed by atoms with E-state index in [-0.39, 0.29) is 23.5 Å². The summed E-state index contributed by atoms with van der Waals surface area (Å²) in [6.07, 6.45) is 2.42. The predicted octanol–water partition coefficient (Wildman–Crippen LogP) is 3.43. The number of amides is 2. The number of piperazine rings is 1. The van der Waals surface area contributed by atoms with Crippen LogP contribution in [0.3, 0.4) is 0 Å². The third kappa shape index (κ3) is 5.03. The minimum atomic E-state index is -0.251. The maximum absolute atomic E-state index is 13.3. The van der Waals surface area contributed by atoms with Gasteiger partial charge in [-0.15, -0.1) is 0 Å². The zero-order chi connectivity index (χ0) is 18.4. The van der Waals surface area contributed by atoms with Gasteiger partial charge in [0.05, 0.1) is 0 Å². The van der Waals surface area contributed by atoms with Crippen molar-refractivity contribution >= 4 is 11.8 Å². The summed E-state index contributed by atoms with van der Waals surface area (Å²) < 4.78 is 13.3. The van der Waals surface area contributed by atoms with Gasteiger partial charge in [0, 0.05) is 39.5 Å². The number of nitrogens with zero attached hydrogens (tertiary/aromatic N) is 2. The molecule has 1 aromatic rings. The molecule has 0 saturated carbocycles. The van der Waals surface area contributed by atoms with E-state index < -0.39 is 0 Å². The molecule has 138 valence electrons. The number of carbonyl (C=O) groups excluding carboxylic acids is 2. The first-order chi connectivity index (χ1) is 12.0. The SMILES string of the molecule is CCC(CC)C(CC(=O)N1CCN(C(C)=O)CC1)c1ccc(F)cc1. The molecule has 1 fully saturated rings. The van der Waals surface area contributed by atoms with E-state index in [1.807, 2.05) is 4.90 Å². The van der Waals surface area contributed by atoms with Crippen LogP contribution in [0.5, 0.6) is 0 Å². The van der Waals surface area contributed by atoms with Crippen LogP contribution in [0.2, 0.25) is 0 Å². The van der Waals surface area contributed by atoms with Crippen molar-refractivity contribution in [2.45, 2.75) is 46.0 Å². The normalized spacial score (nSPS) is 16.2. The molecule has 0 radical (unpaired) electrons. The van der Waals surface area contributed by atoms with Gasteiger partial charge >= 0.3 is 0 Å². The fraction of sp³-hybridized carbons (Fsp3) is 0.600. The van der Waals surface area contributed by atoms with Crippen molar-refractivity contribution < 1.29 is 14.0 Å². The fourth-order valence-corrected chi connectivity index (χ4v) is 3.71. The number of hydrogen-bond acceptors (Lipinski definition) is 2. The van der Waals surface area contributed by atoms with Gasteiger partial charge < -0.3 is 9.80 Å². The van der Waals surface area contributed by atoms with E-state index in [2.05, 4.69) is 13.8 Å². The first-order valence-corrected chi connectivity index (χ1v) is 9.25. The van der Waals surface area contributed by atoms with Gasteiger partial charge in [0.2, 0.25) is 11.8 Å². The van der Waals surface area contributed by atoms with Gasteiger partial charge in [-0.2, -0.15) is 0 Å². The van der Waals surface area contributed by atoms with Crippen molar-refractivity contribution in [3.8, 4) is 0 Å². The van der Waals surface area contributed by atoms with E-state index in [0.717, 1.165) is 18.4 Å². The fourth-order valence-electron chi connectivity index (χ4n) is 3.71. The lowest BCUT2D eigenvalue weighted by atomic mass is 9.80. The first kappa shape index (κ1) is 19.4. The Bertz CT molecular complexity index is 576. The predicted molar refractivity (Wildman–Crippen MR) is 96.7 cm³/mol. The highest BCUT2D eigenvalue weighted by atomic mass is 19.1. The van der Waals surface area contributed by atoms with E-state index in [0.29, 0.717) is 38.5 Å². The number of carbonyl (C=O) groups is 2. The monoisotopic (exact) mass is 348 g/mol. The molecule has 1 aliphatic rings. The van der Waals surface area contributed by atoms with Gasteiger partial charge in [-0.3, -0.25) is 9.59 Å². The van der Waals surface area contributed by atoms with Gasteiger partial charge in [0.25, 0.3) is 0 Å². The molecule has 1 aliphatic heterocycles. The maximum Gasteiger partial charge on any atom is 0.223 e. The molecule has 1 heterocycles. The summed E-state index contributed by atoms with van der Waals surface area (Å²) in [5.74, 6) is 0.443. The second kappa shape index (κ2) is 8.97. The summed E-state index contributed by atoms with van der Waals surface area (Å²) in [5, 5.41) is 0. The van der Waals surface area contributed by atoms with Gasteiger partial charge in [-0.05, 0) is 29.5 Å². The lowest BCUT2D eigenvalue weighted by Crippen LogP contribution is -2.50.